The average molecular weight is 360 g/mol. The molecule has 0 bridgehead atoms. The number of halogens is 2. The van der Waals surface area contributed by atoms with Crippen LogP contribution in [0.1, 0.15) is 11.1 Å². The van der Waals surface area contributed by atoms with E-state index in [0.29, 0.717) is 33.2 Å². The maximum absolute atomic E-state index is 14.3. The minimum atomic E-state index is -0.664. The molecule has 2 aromatic carbocycles. The highest BCUT2D eigenvalue weighted by molar-refractivity contribution is 6.31. The van der Waals surface area contributed by atoms with Gasteiger partial charge in [0.05, 0.1) is 25.1 Å². The summed E-state index contributed by atoms with van der Waals surface area (Å²) >= 11 is 6.11. The number of anilines is 1. The third-order valence-corrected chi connectivity index (χ3v) is 4.01. The molecule has 1 heterocycles. The Kier molecular flexibility index (Phi) is 4.72. The highest BCUT2D eigenvalue weighted by atomic mass is 35.5. The van der Waals surface area contributed by atoms with Crippen molar-refractivity contribution in [3.05, 3.63) is 75.8 Å². The Morgan fingerprint density at radius 3 is 2.76 bits per heavy atom. The molecular formula is C18H15ClFN3O2. The molecule has 25 heavy (non-hydrogen) atoms. The topological polar surface area (TPSA) is 76.7 Å². The maximum atomic E-state index is 14.3. The van der Waals surface area contributed by atoms with Gasteiger partial charge in [0.15, 0.2) is 0 Å². The monoisotopic (exact) mass is 359 g/mol. The van der Waals surface area contributed by atoms with Crippen molar-refractivity contribution in [3.8, 4) is 0 Å². The molecule has 0 saturated carbocycles. The van der Waals surface area contributed by atoms with Gasteiger partial charge in [-0.25, -0.2) is 9.18 Å². The molecular weight excluding hydrogens is 345 g/mol. The van der Waals surface area contributed by atoms with Crippen LogP contribution in [-0.2, 0) is 9.53 Å². The van der Waals surface area contributed by atoms with Crippen LogP contribution in [-0.4, -0.2) is 25.3 Å². The fourth-order valence-corrected chi connectivity index (χ4v) is 2.71. The van der Waals surface area contributed by atoms with Crippen molar-refractivity contribution in [2.75, 3.05) is 19.0 Å². The van der Waals surface area contributed by atoms with Crippen LogP contribution < -0.4 is 11.1 Å². The van der Waals surface area contributed by atoms with E-state index in [0.717, 1.165) is 0 Å². The Balaban J connectivity index is 2.20. The average Bonchev–Trinajstić information content (AvgIpc) is 2.80. The fourth-order valence-electron chi connectivity index (χ4n) is 2.54. The molecule has 0 saturated heterocycles. The number of nitrogens with zero attached hydrogens (tertiary/aromatic N) is 1. The Bertz CT molecular complexity index is 909. The van der Waals surface area contributed by atoms with Crippen molar-refractivity contribution in [2.45, 2.75) is 0 Å². The fraction of sp³-hybridized carbons (Fsp3) is 0.111. The summed E-state index contributed by atoms with van der Waals surface area (Å²) in [4.78, 5) is 16.2. The molecule has 0 radical (unpaired) electrons. The van der Waals surface area contributed by atoms with E-state index in [9.17, 15) is 9.18 Å². The molecule has 7 heteroatoms. The van der Waals surface area contributed by atoms with Gasteiger partial charge in [0.1, 0.15) is 11.5 Å². The number of esters is 1. The van der Waals surface area contributed by atoms with Gasteiger partial charge in [-0.1, -0.05) is 23.7 Å². The predicted octanol–water partition coefficient (Wildman–Crippen LogP) is 3.09. The Hall–Kier alpha value is -2.86. The summed E-state index contributed by atoms with van der Waals surface area (Å²) in [5.74, 6) is -1.07. The Morgan fingerprint density at radius 1 is 1.28 bits per heavy atom. The number of carbonyl (C=O) groups excluding carboxylic acids is 1. The molecule has 0 atom stereocenters. The van der Waals surface area contributed by atoms with Gasteiger partial charge < -0.3 is 15.8 Å². The van der Waals surface area contributed by atoms with E-state index in [1.807, 2.05) is 0 Å². The molecule has 128 valence electrons. The molecule has 1 aliphatic heterocycles. The molecule has 0 spiro atoms. The van der Waals surface area contributed by atoms with E-state index in [-0.39, 0.29) is 12.2 Å². The lowest BCUT2D eigenvalue weighted by Gasteiger charge is -2.13. The quantitative estimate of drug-likeness (QED) is 0.638. The van der Waals surface area contributed by atoms with Crippen molar-refractivity contribution < 1.29 is 13.9 Å². The van der Waals surface area contributed by atoms with E-state index in [1.165, 1.54) is 13.2 Å². The zero-order valence-electron chi connectivity index (χ0n) is 13.3. The molecule has 0 fully saturated rings. The molecule has 0 aromatic heterocycles. The SMILES string of the molecule is COC(=O)/C(N)=C1/CN=C(c2ccccc2F)c2cc(Cl)ccc2N1. The number of nitrogens with one attached hydrogen (secondary N) is 1. The summed E-state index contributed by atoms with van der Waals surface area (Å²) < 4.78 is 18.9. The predicted molar refractivity (Wildman–Crippen MR) is 95.2 cm³/mol. The first-order chi connectivity index (χ1) is 12.0. The zero-order chi connectivity index (χ0) is 18.0. The lowest BCUT2D eigenvalue weighted by atomic mass is 10.00. The lowest BCUT2D eigenvalue weighted by molar-refractivity contribution is -0.136. The van der Waals surface area contributed by atoms with Crippen LogP contribution in [0.2, 0.25) is 5.02 Å². The van der Waals surface area contributed by atoms with Crippen LogP contribution in [0.4, 0.5) is 10.1 Å². The Morgan fingerprint density at radius 2 is 2.04 bits per heavy atom. The minimum Gasteiger partial charge on any atom is -0.464 e. The maximum Gasteiger partial charge on any atom is 0.355 e. The number of fused-ring (bicyclic) bond motifs is 1. The molecule has 0 unspecified atom stereocenters. The normalized spacial score (nSPS) is 15.4. The van der Waals surface area contributed by atoms with E-state index in [1.54, 1.807) is 36.4 Å². The number of aliphatic imine (C=N–C) groups is 1. The molecule has 3 N–H and O–H groups in total. The van der Waals surface area contributed by atoms with Crippen LogP contribution in [0.3, 0.4) is 0 Å². The van der Waals surface area contributed by atoms with Crippen LogP contribution in [0.15, 0.2) is 58.9 Å². The third-order valence-electron chi connectivity index (χ3n) is 3.78. The standard InChI is InChI=1S/C18H15ClFN3O2/c1-25-18(24)16(21)15-9-22-17(11-4-2-3-5-13(11)20)12-8-10(19)6-7-14(12)23-15/h2-8,23H,9,21H2,1H3/b16-15+. The van der Waals surface area contributed by atoms with Crippen molar-refractivity contribution in [1.82, 2.24) is 0 Å². The van der Waals surface area contributed by atoms with Gasteiger partial charge in [-0.2, -0.15) is 0 Å². The number of hydrogen-bond donors (Lipinski definition) is 2. The van der Waals surface area contributed by atoms with Gasteiger partial charge in [0, 0.05) is 21.8 Å². The number of hydrogen-bond acceptors (Lipinski definition) is 5. The summed E-state index contributed by atoms with van der Waals surface area (Å²) in [6.45, 7) is 0.0664. The van der Waals surface area contributed by atoms with E-state index in [4.69, 9.17) is 17.3 Å². The Labute approximate surface area is 149 Å². The van der Waals surface area contributed by atoms with Gasteiger partial charge in [-0.05, 0) is 30.3 Å². The van der Waals surface area contributed by atoms with Crippen molar-refractivity contribution in [2.24, 2.45) is 10.7 Å². The number of rotatable bonds is 2. The van der Waals surface area contributed by atoms with E-state index in [2.05, 4.69) is 15.0 Å². The number of ether oxygens (including phenoxy) is 1. The highest BCUT2D eigenvalue weighted by Crippen LogP contribution is 2.29. The molecule has 2 aromatic rings. The van der Waals surface area contributed by atoms with Crippen LogP contribution >= 0.6 is 11.6 Å². The van der Waals surface area contributed by atoms with E-state index >= 15 is 0 Å². The zero-order valence-corrected chi connectivity index (χ0v) is 14.1. The van der Waals surface area contributed by atoms with Crippen molar-refractivity contribution in [3.63, 3.8) is 0 Å². The molecule has 0 amide bonds. The van der Waals surface area contributed by atoms with Crippen LogP contribution in [0, 0.1) is 5.82 Å². The second-order valence-corrected chi connectivity index (χ2v) is 5.78. The lowest BCUT2D eigenvalue weighted by Crippen LogP contribution is -2.20. The van der Waals surface area contributed by atoms with Crippen LogP contribution in [0.25, 0.3) is 0 Å². The smallest absolute Gasteiger partial charge is 0.355 e. The van der Waals surface area contributed by atoms with E-state index < -0.39 is 11.8 Å². The van der Waals surface area contributed by atoms with Crippen molar-refractivity contribution >= 4 is 29.0 Å². The number of methoxy groups -OCH3 is 1. The number of benzene rings is 2. The van der Waals surface area contributed by atoms with Gasteiger partial charge in [0.25, 0.3) is 0 Å². The molecule has 5 nitrogen and oxygen atoms in total. The summed E-state index contributed by atoms with van der Waals surface area (Å²) in [6.07, 6.45) is 0. The summed E-state index contributed by atoms with van der Waals surface area (Å²) in [7, 11) is 1.24. The van der Waals surface area contributed by atoms with Gasteiger partial charge in [-0.15, -0.1) is 0 Å². The molecule has 3 rings (SSSR count). The molecule has 0 aliphatic carbocycles. The van der Waals surface area contributed by atoms with Gasteiger partial charge >= 0.3 is 5.97 Å². The second kappa shape index (κ2) is 6.94. The van der Waals surface area contributed by atoms with Crippen LogP contribution in [0.5, 0.6) is 0 Å². The van der Waals surface area contributed by atoms with Crippen molar-refractivity contribution in [1.29, 1.82) is 0 Å². The van der Waals surface area contributed by atoms with Gasteiger partial charge in [0.2, 0.25) is 0 Å². The number of benzodiazepines with no additional fused rings is 1. The summed E-state index contributed by atoms with van der Waals surface area (Å²) in [5.41, 5.74) is 8.14. The summed E-state index contributed by atoms with van der Waals surface area (Å²) in [5, 5.41) is 3.56. The first kappa shape index (κ1) is 17.0. The largest absolute Gasteiger partial charge is 0.464 e. The third kappa shape index (κ3) is 3.34. The minimum absolute atomic E-state index is 0.0664. The molecule has 1 aliphatic rings. The first-order valence-electron chi connectivity index (χ1n) is 7.44. The summed E-state index contributed by atoms with van der Waals surface area (Å²) in [6, 6.07) is 11.4. The first-order valence-corrected chi connectivity index (χ1v) is 7.82. The number of carbonyl (C=O) groups is 1. The van der Waals surface area contributed by atoms with Gasteiger partial charge in [-0.3, -0.25) is 4.99 Å². The number of nitrogens with two attached hydrogens (primary N) is 1. The highest BCUT2D eigenvalue weighted by Gasteiger charge is 2.22. The second-order valence-electron chi connectivity index (χ2n) is 5.34.